The van der Waals surface area contributed by atoms with Crippen LogP contribution in [0.4, 0.5) is 4.79 Å². The molecule has 2 aromatic carbocycles. The maximum Gasteiger partial charge on any atom is 0.428 e. The average molecular weight is 362 g/mol. The fourth-order valence-corrected chi connectivity index (χ4v) is 3.02. The molecule has 0 unspecified atom stereocenters. The first-order chi connectivity index (χ1) is 12.8. The molecule has 1 aromatic heterocycles. The lowest BCUT2D eigenvalue weighted by Gasteiger charge is -2.18. The minimum Gasteiger partial charge on any atom is -0.443 e. The number of carbonyl (C=O) groups is 1. The summed E-state index contributed by atoms with van der Waals surface area (Å²) in [5.74, 6) is 0.385. The predicted octanol–water partition coefficient (Wildman–Crippen LogP) is 2.98. The fraction of sp³-hybridized carbons (Fsp3) is 0.200. The number of para-hydroxylation sites is 2. The second-order valence-electron chi connectivity index (χ2n) is 7.18. The summed E-state index contributed by atoms with van der Waals surface area (Å²) in [5.41, 5.74) is 3.98. The summed E-state index contributed by atoms with van der Waals surface area (Å²) >= 11 is 0. The molecule has 0 saturated carbocycles. The molecule has 7 nitrogen and oxygen atoms in total. The van der Waals surface area contributed by atoms with Gasteiger partial charge in [-0.2, -0.15) is 5.10 Å². The Hall–Kier alpha value is -3.48. The number of amides is 1. The van der Waals surface area contributed by atoms with Crippen LogP contribution in [0.2, 0.25) is 0 Å². The number of ether oxygens (including phenoxy) is 1. The van der Waals surface area contributed by atoms with Gasteiger partial charge >= 0.3 is 6.09 Å². The monoisotopic (exact) mass is 362 g/mol. The van der Waals surface area contributed by atoms with E-state index < -0.39 is 11.7 Å². The van der Waals surface area contributed by atoms with Crippen molar-refractivity contribution in [3.05, 3.63) is 70.3 Å². The number of aromatic nitrogens is 2. The van der Waals surface area contributed by atoms with Crippen LogP contribution in [0, 0.1) is 0 Å². The van der Waals surface area contributed by atoms with Gasteiger partial charge in [0.1, 0.15) is 11.3 Å². The Bertz CT molecular complexity index is 1160. The molecule has 2 heterocycles. The highest BCUT2D eigenvalue weighted by Gasteiger charge is 2.29. The van der Waals surface area contributed by atoms with Gasteiger partial charge in [0.15, 0.2) is 5.82 Å². The van der Waals surface area contributed by atoms with E-state index in [0.29, 0.717) is 33.7 Å². The number of hydrazone groups is 1. The van der Waals surface area contributed by atoms with E-state index in [1.807, 2.05) is 30.3 Å². The zero-order valence-electron chi connectivity index (χ0n) is 15.2. The van der Waals surface area contributed by atoms with Crippen molar-refractivity contribution in [3.63, 3.8) is 0 Å². The third kappa shape index (κ3) is 2.97. The third-order valence-corrected chi connectivity index (χ3v) is 4.05. The SMILES string of the molecule is CC(C)(C)OC(=O)N/N=C1/c2ccccc2-n2c1nc1ccccc1c2=O. The van der Waals surface area contributed by atoms with Crippen LogP contribution in [0.25, 0.3) is 16.6 Å². The largest absolute Gasteiger partial charge is 0.443 e. The first-order valence-corrected chi connectivity index (χ1v) is 8.54. The quantitative estimate of drug-likeness (QED) is 0.528. The Morgan fingerprint density at radius 1 is 1.11 bits per heavy atom. The Balaban J connectivity index is 1.87. The van der Waals surface area contributed by atoms with Crippen molar-refractivity contribution in [2.75, 3.05) is 0 Å². The second kappa shape index (κ2) is 6.05. The minimum absolute atomic E-state index is 0.175. The van der Waals surface area contributed by atoms with Crippen molar-refractivity contribution >= 4 is 22.7 Å². The molecule has 27 heavy (non-hydrogen) atoms. The molecule has 1 aliphatic heterocycles. The zero-order valence-corrected chi connectivity index (χ0v) is 15.2. The van der Waals surface area contributed by atoms with Crippen LogP contribution in [-0.2, 0) is 4.74 Å². The van der Waals surface area contributed by atoms with E-state index in [0.717, 1.165) is 0 Å². The molecule has 0 aliphatic carbocycles. The molecule has 0 bridgehead atoms. The van der Waals surface area contributed by atoms with E-state index in [9.17, 15) is 9.59 Å². The average Bonchev–Trinajstić information content (AvgIpc) is 2.92. The number of carbonyl (C=O) groups excluding carboxylic acids is 1. The fourth-order valence-electron chi connectivity index (χ4n) is 3.02. The van der Waals surface area contributed by atoms with Crippen LogP contribution in [0.15, 0.2) is 58.4 Å². The standard InChI is InChI=1S/C20H18N4O3/c1-20(2,3)27-19(26)23-22-16-13-9-5-7-11-15(13)24-17(16)21-14-10-6-4-8-12(14)18(24)25/h4-11H,1-3H3,(H,23,26)/b22-16-. The predicted molar refractivity (Wildman–Crippen MR) is 102 cm³/mol. The number of nitrogens with one attached hydrogen (secondary N) is 1. The highest BCUT2D eigenvalue weighted by molar-refractivity contribution is 6.16. The lowest BCUT2D eigenvalue weighted by Crippen LogP contribution is -2.30. The van der Waals surface area contributed by atoms with Gasteiger partial charge in [-0.15, -0.1) is 0 Å². The minimum atomic E-state index is -0.672. The summed E-state index contributed by atoms with van der Waals surface area (Å²) < 4.78 is 6.74. The van der Waals surface area contributed by atoms with Crippen molar-refractivity contribution in [1.29, 1.82) is 0 Å². The molecule has 1 amide bonds. The number of hydrogen-bond donors (Lipinski definition) is 1. The van der Waals surface area contributed by atoms with Gasteiger partial charge in [0.2, 0.25) is 0 Å². The molecular weight excluding hydrogens is 344 g/mol. The van der Waals surface area contributed by atoms with E-state index in [1.165, 1.54) is 4.57 Å². The Kier molecular flexibility index (Phi) is 3.80. The van der Waals surface area contributed by atoms with Crippen molar-refractivity contribution < 1.29 is 9.53 Å². The Labute approximate surface area is 155 Å². The second-order valence-corrected chi connectivity index (χ2v) is 7.18. The van der Waals surface area contributed by atoms with Crippen LogP contribution in [0.5, 0.6) is 0 Å². The van der Waals surface area contributed by atoms with Gasteiger partial charge in [0.25, 0.3) is 5.56 Å². The molecule has 0 saturated heterocycles. The lowest BCUT2D eigenvalue weighted by molar-refractivity contribution is 0.0529. The van der Waals surface area contributed by atoms with Gasteiger partial charge in [0.05, 0.1) is 16.6 Å². The topological polar surface area (TPSA) is 85.6 Å². The number of fused-ring (bicyclic) bond motifs is 4. The van der Waals surface area contributed by atoms with E-state index >= 15 is 0 Å². The smallest absolute Gasteiger partial charge is 0.428 e. The first-order valence-electron chi connectivity index (χ1n) is 8.54. The van der Waals surface area contributed by atoms with E-state index in [2.05, 4.69) is 15.5 Å². The summed E-state index contributed by atoms with van der Waals surface area (Å²) in [6.45, 7) is 5.31. The molecule has 0 spiro atoms. The maximum absolute atomic E-state index is 13.0. The van der Waals surface area contributed by atoms with Gasteiger partial charge in [-0.1, -0.05) is 30.3 Å². The molecule has 0 radical (unpaired) electrons. The van der Waals surface area contributed by atoms with Crippen molar-refractivity contribution in [2.45, 2.75) is 26.4 Å². The molecule has 136 valence electrons. The van der Waals surface area contributed by atoms with Crippen LogP contribution in [0.1, 0.15) is 32.2 Å². The number of hydrogen-bond acceptors (Lipinski definition) is 5. The summed E-state index contributed by atoms with van der Waals surface area (Å²) in [6.07, 6.45) is -0.672. The van der Waals surface area contributed by atoms with Crippen LogP contribution in [-0.4, -0.2) is 27.0 Å². The highest BCUT2D eigenvalue weighted by Crippen LogP contribution is 2.26. The molecular formula is C20H18N4O3. The first kappa shape index (κ1) is 17.0. The van der Waals surface area contributed by atoms with Gasteiger partial charge in [0, 0.05) is 5.56 Å². The normalized spacial score (nSPS) is 14.1. The summed E-state index contributed by atoms with van der Waals surface area (Å²) in [5, 5.41) is 4.73. The summed E-state index contributed by atoms with van der Waals surface area (Å²) in [6, 6.07) is 14.5. The Morgan fingerprint density at radius 3 is 2.59 bits per heavy atom. The molecule has 0 atom stereocenters. The van der Waals surface area contributed by atoms with Gasteiger partial charge in [-0.05, 0) is 39.0 Å². The van der Waals surface area contributed by atoms with Gasteiger partial charge < -0.3 is 4.74 Å². The van der Waals surface area contributed by atoms with Gasteiger partial charge in [-0.3, -0.25) is 9.36 Å². The van der Waals surface area contributed by atoms with Crippen molar-refractivity contribution in [2.24, 2.45) is 5.10 Å². The molecule has 0 fully saturated rings. The van der Waals surface area contributed by atoms with Crippen LogP contribution in [0.3, 0.4) is 0 Å². The molecule has 4 rings (SSSR count). The third-order valence-electron chi connectivity index (χ3n) is 4.05. The Morgan fingerprint density at radius 2 is 1.81 bits per heavy atom. The van der Waals surface area contributed by atoms with Crippen LogP contribution >= 0.6 is 0 Å². The number of rotatable bonds is 1. The molecule has 3 aromatic rings. The van der Waals surface area contributed by atoms with Crippen molar-refractivity contribution in [3.8, 4) is 5.69 Å². The maximum atomic E-state index is 13.0. The van der Waals surface area contributed by atoms with E-state index in [4.69, 9.17) is 4.74 Å². The number of benzene rings is 2. The molecule has 1 aliphatic rings. The van der Waals surface area contributed by atoms with Crippen LogP contribution < -0.4 is 11.0 Å². The van der Waals surface area contributed by atoms with Gasteiger partial charge in [-0.25, -0.2) is 15.2 Å². The molecule has 1 N–H and O–H groups in total. The van der Waals surface area contributed by atoms with Crippen molar-refractivity contribution in [1.82, 2.24) is 15.0 Å². The number of nitrogens with zero attached hydrogens (tertiary/aromatic N) is 3. The zero-order chi connectivity index (χ0) is 19.2. The molecule has 7 heteroatoms. The van der Waals surface area contributed by atoms with E-state index in [-0.39, 0.29) is 5.56 Å². The summed E-state index contributed by atoms with van der Waals surface area (Å²) in [4.78, 5) is 29.6. The summed E-state index contributed by atoms with van der Waals surface area (Å²) in [7, 11) is 0. The van der Waals surface area contributed by atoms with E-state index in [1.54, 1.807) is 39.0 Å². The lowest BCUT2D eigenvalue weighted by atomic mass is 10.1. The highest BCUT2D eigenvalue weighted by atomic mass is 16.6.